The zero-order chi connectivity index (χ0) is 8.81. The number of hydrogen-bond donors (Lipinski definition) is 1. The van der Waals surface area contributed by atoms with Crippen LogP contribution >= 0.6 is 23.1 Å². The Labute approximate surface area is 80.4 Å². The Morgan fingerprint density at radius 3 is 3.17 bits per heavy atom. The molecule has 0 aliphatic carbocycles. The SMILES string of the molecule is N#CC(N)CCSc1cccs1. The van der Waals surface area contributed by atoms with Crippen LogP contribution in [0, 0.1) is 11.3 Å². The molecule has 0 spiro atoms. The molecule has 0 saturated heterocycles. The Balaban J connectivity index is 2.16. The van der Waals surface area contributed by atoms with E-state index < -0.39 is 0 Å². The van der Waals surface area contributed by atoms with Gasteiger partial charge >= 0.3 is 0 Å². The van der Waals surface area contributed by atoms with E-state index in [9.17, 15) is 0 Å². The van der Waals surface area contributed by atoms with Crippen LogP contribution in [0.4, 0.5) is 0 Å². The van der Waals surface area contributed by atoms with E-state index in [1.165, 1.54) is 4.21 Å². The van der Waals surface area contributed by atoms with Crippen LogP contribution in [0.15, 0.2) is 21.7 Å². The Bertz CT molecular complexity index is 251. The van der Waals surface area contributed by atoms with Gasteiger partial charge in [-0.25, -0.2) is 0 Å². The first-order valence-corrected chi connectivity index (χ1v) is 5.51. The van der Waals surface area contributed by atoms with Crippen LogP contribution in [-0.2, 0) is 0 Å². The number of nitrogens with two attached hydrogens (primary N) is 1. The average Bonchev–Trinajstić information content (AvgIpc) is 2.57. The minimum absolute atomic E-state index is 0.308. The molecule has 1 heterocycles. The van der Waals surface area contributed by atoms with Crippen molar-refractivity contribution < 1.29 is 0 Å². The normalized spacial score (nSPS) is 12.3. The molecule has 1 atom stereocenters. The molecule has 1 aromatic rings. The van der Waals surface area contributed by atoms with Crippen molar-refractivity contribution >= 4 is 23.1 Å². The molecule has 0 fully saturated rings. The van der Waals surface area contributed by atoms with Crippen molar-refractivity contribution in [1.29, 1.82) is 5.26 Å². The summed E-state index contributed by atoms with van der Waals surface area (Å²) in [5.41, 5.74) is 5.44. The average molecular weight is 198 g/mol. The van der Waals surface area contributed by atoms with Crippen molar-refractivity contribution in [3.05, 3.63) is 17.5 Å². The summed E-state index contributed by atoms with van der Waals surface area (Å²) in [6.07, 6.45) is 0.763. The van der Waals surface area contributed by atoms with Crippen LogP contribution in [0.1, 0.15) is 6.42 Å². The van der Waals surface area contributed by atoms with Crippen molar-refractivity contribution in [2.45, 2.75) is 16.7 Å². The maximum absolute atomic E-state index is 8.41. The van der Waals surface area contributed by atoms with Crippen molar-refractivity contribution in [3.8, 4) is 6.07 Å². The largest absolute Gasteiger partial charge is 0.316 e. The highest BCUT2D eigenvalue weighted by Crippen LogP contribution is 2.23. The fourth-order valence-corrected chi connectivity index (χ4v) is 2.58. The molecule has 2 nitrogen and oxygen atoms in total. The zero-order valence-corrected chi connectivity index (χ0v) is 8.20. The molecule has 1 unspecified atom stereocenters. The number of thiophene rings is 1. The van der Waals surface area contributed by atoms with Gasteiger partial charge < -0.3 is 5.73 Å². The van der Waals surface area contributed by atoms with Gasteiger partial charge in [-0.1, -0.05) is 6.07 Å². The molecule has 0 bridgehead atoms. The fraction of sp³-hybridized carbons (Fsp3) is 0.375. The van der Waals surface area contributed by atoms with Crippen LogP contribution in [0.2, 0.25) is 0 Å². The highest BCUT2D eigenvalue weighted by atomic mass is 32.2. The number of hydrogen-bond acceptors (Lipinski definition) is 4. The molecule has 0 aromatic carbocycles. The second kappa shape index (κ2) is 5.20. The zero-order valence-electron chi connectivity index (χ0n) is 6.56. The maximum atomic E-state index is 8.41. The molecule has 0 saturated carbocycles. The van der Waals surface area contributed by atoms with Crippen molar-refractivity contribution in [3.63, 3.8) is 0 Å². The molecule has 12 heavy (non-hydrogen) atoms. The first kappa shape index (κ1) is 9.59. The number of thioether (sulfide) groups is 1. The van der Waals surface area contributed by atoms with Gasteiger partial charge in [-0.15, -0.1) is 23.1 Å². The molecule has 0 radical (unpaired) electrons. The Morgan fingerprint density at radius 1 is 1.75 bits per heavy atom. The fourth-order valence-electron chi connectivity index (χ4n) is 0.697. The number of nitrogens with zero attached hydrogens (tertiary/aromatic N) is 1. The molecular weight excluding hydrogens is 188 g/mol. The Kier molecular flexibility index (Phi) is 4.15. The lowest BCUT2D eigenvalue weighted by Gasteiger charge is -1.99. The van der Waals surface area contributed by atoms with Gasteiger partial charge in [-0.05, 0) is 17.9 Å². The van der Waals surface area contributed by atoms with E-state index >= 15 is 0 Å². The molecule has 64 valence electrons. The van der Waals surface area contributed by atoms with E-state index in [4.69, 9.17) is 11.0 Å². The summed E-state index contributed by atoms with van der Waals surface area (Å²) in [6.45, 7) is 0. The van der Waals surface area contributed by atoms with Gasteiger partial charge in [0.1, 0.15) is 0 Å². The third kappa shape index (κ3) is 3.26. The topological polar surface area (TPSA) is 49.8 Å². The summed E-state index contributed by atoms with van der Waals surface area (Å²) in [5.74, 6) is 0.926. The van der Waals surface area contributed by atoms with Crippen LogP contribution in [0.5, 0.6) is 0 Å². The van der Waals surface area contributed by atoms with E-state index in [1.807, 2.05) is 17.5 Å². The Morgan fingerprint density at radius 2 is 2.58 bits per heavy atom. The summed E-state index contributed by atoms with van der Waals surface area (Å²) < 4.78 is 1.29. The standard InChI is InChI=1S/C8H10N2S2/c9-6-7(10)3-5-12-8-2-1-4-11-8/h1-2,4,7H,3,5,10H2. The van der Waals surface area contributed by atoms with E-state index in [-0.39, 0.29) is 6.04 Å². The number of rotatable bonds is 4. The monoisotopic (exact) mass is 198 g/mol. The van der Waals surface area contributed by atoms with Crippen LogP contribution in [-0.4, -0.2) is 11.8 Å². The minimum Gasteiger partial charge on any atom is -0.316 e. The summed E-state index contributed by atoms with van der Waals surface area (Å²) >= 11 is 3.48. The van der Waals surface area contributed by atoms with Gasteiger partial charge in [0.2, 0.25) is 0 Å². The first-order chi connectivity index (χ1) is 5.83. The second-order valence-corrected chi connectivity index (χ2v) is 4.65. The minimum atomic E-state index is -0.308. The lowest BCUT2D eigenvalue weighted by atomic mass is 10.3. The molecule has 0 aliphatic rings. The van der Waals surface area contributed by atoms with Gasteiger partial charge in [-0.2, -0.15) is 5.26 Å². The maximum Gasteiger partial charge on any atom is 0.0936 e. The summed E-state index contributed by atoms with van der Waals surface area (Å²) in [5, 5.41) is 10.5. The van der Waals surface area contributed by atoms with Gasteiger partial charge in [0, 0.05) is 5.75 Å². The summed E-state index contributed by atoms with van der Waals surface area (Å²) in [7, 11) is 0. The predicted octanol–water partition coefficient (Wildman–Crippen LogP) is 2.08. The van der Waals surface area contributed by atoms with Crippen molar-refractivity contribution in [1.82, 2.24) is 0 Å². The summed E-state index contributed by atoms with van der Waals surface area (Å²) in [6, 6.07) is 5.81. The lowest BCUT2D eigenvalue weighted by molar-refractivity contribution is 0.803. The van der Waals surface area contributed by atoms with Gasteiger partial charge in [0.05, 0.1) is 16.3 Å². The highest BCUT2D eigenvalue weighted by molar-refractivity contribution is 8.01. The second-order valence-electron chi connectivity index (χ2n) is 2.30. The highest BCUT2D eigenvalue weighted by Gasteiger charge is 2.00. The van der Waals surface area contributed by atoms with Gasteiger partial charge in [0.25, 0.3) is 0 Å². The molecule has 1 rings (SSSR count). The third-order valence-electron chi connectivity index (χ3n) is 1.33. The molecule has 0 amide bonds. The van der Waals surface area contributed by atoms with E-state index in [0.29, 0.717) is 0 Å². The molecule has 4 heteroatoms. The molecule has 2 N–H and O–H groups in total. The molecule has 1 aromatic heterocycles. The Hall–Kier alpha value is -0.500. The van der Waals surface area contributed by atoms with Crippen LogP contribution < -0.4 is 5.73 Å². The van der Waals surface area contributed by atoms with E-state index in [0.717, 1.165) is 12.2 Å². The van der Waals surface area contributed by atoms with Crippen molar-refractivity contribution in [2.24, 2.45) is 5.73 Å². The van der Waals surface area contributed by atoms with Gasteiger partial charge in [0.15, 0.2) is 0 Å². The van der Waals surface area contributed by atoms with E-state index in [1.54, 1.807) is 23.1 Å². The predicted molar refractivity (Wildman–Crippen MR) is 53.2 cm³/mol. The molecule has 0 aliphatic heterocycles. The molecular formula is C8H10N2S2. The summed E-state index contributed by atoms with van der Waals surface area (Å²) in [4.78, 5) is 0. The van der Waals surface area contributed by atoms with Crippen LogP contribution in [0.25, 0.3) is 0 Å². The smallest absolute Gasteiger partial charge is 0.0936 e. The third-order valence-corrected chi connectivity index (χ3v) is 3.50. The van der Waals surface area contributed by atoms with Gasteiger partial charge in [-0.3, -0.25) is 0 Å². The van der Waals surface area contributed by atoms with E-state index in [2.05, 4.69) is 6.07 Å². The quantitative estimate of drug-likeness (QED) is 0.754. The van der Waals surface area contributed by atoms with Crippen molar-refractivity contribution in [2.75, 3.05) is 5.75 Å². The van der Waals surface area contributed by atoms with Crippen LogP contribution in [0.3, 0.4) is 0 Å². The number of nitriles is 1. The first-order valence-electron chi connectivity index (χ1n) is 3.64. The lowest BCUT2D eigenvalue weighted by Crippen LogP contribution is -2.17.